The molecule has 0 radical (unpaired) electrons. The first-order valence-corrected chi connectivity index (χ1v) is 7.63. The van der Waals surface area contributed by atoms with Crippen molar-refractivity contribution in [2.24, 2.45) is 0 Å². The minimum Gasteiger partial charge on any atom is -0.444 e. The molecule has 0 aliphatic carbocycles. The molecule has 8 nitrogen and oxygen atoms in total. The van der Waals surface area contributed by atoms with Crippen LogP contribution in [0.1, 0.15) is 20.8 Å². The molecule has 0 unspecified atom stereocenters. The Labute approximate surface area is 137 Å². The van der Waals surface area contributed by atoms with Gasteiger partial charge in [-0.15, -0.1) is 0 Å². The molecule has 2 rings (SSSR count). The third-order valence-electron chi connectivity index (χ3n) is 3.16. The van der Waals surface area contributed by atoms with E-state index in [-0.39, 0.29) is 18.2 Å². The van der Waals surface area contributed by atoms with E-state index in [2.05, 4.69) is 4.98 Å². The number of hydrogen-bond donors (Lipinski definition) is 1. The lowest BCUT2D eigenvalue weighted by Gasteiger charge is -2.34. The van der Waals surface area contributed by atoms with Gasteiger partial charge in [0.1, 0.15) is 10.8 Å². The second-order valence-electron chi connectivity index (χ2n) is 6.29. The highest BCUT2D eigenvalue weighted by atomic mass is 35.5. The largest absolute Gasteiger partial charge is 0.444 e. The number of amides is 1. The van der Waals surface area contributed by atoms with Gasteiger partial charge >= 0.3 is 11.8 Å². The second kappa shape index (κ2) is 6.76. The first-order valence-electron chi connectivity index (χ1n) is 7.25. The van der Waals surface area contributed by atoms with E-state index in [4.69, 9.17) is 21.1 Å². The molecule has 1 aromatic rings. The van der Waals surface area contributed by atoms with Crippen molar-refractivity contribution in [3.05, 3.63) is 32.1 Å². The van der Waals surface area contributed by atoms with E-state index >= 15 is 0 Å². The monoisotopic (exact) mass is 345 g/mol. The molecule has 0 spiro atoms. The smallest absolute Gasteiger partial charge is 0.410 e. The average Bonchev–Trinajstić information content (AvgIpc) is 2.41. The van der Waals surface area contributed by atoms with Crippen LogP contribution in [0.3, 0.4) is 0 Å². The number of nitrogens with one attached hydrogen (secondary N) is 1. The molecule has 128 valence electrons. The normalized spacial score (nSPS) is 18.8. The Morgan fingerprint density at radius 3 is 2.78 bits per heavy atom. The molecule has 1 aliphatic rings. The van der Waals surface area contributed by atoms with Crippen molar-refractivity contribution in [2.45, 2.75) is 39.0 Å². The van der Waals surface area contributed by atoms with Crippen molar-refractivity contribution in [1.29, 1.82) is 0 Å². The summed E-state index contributed by atoms with van der Waals surface area (Å²) in [6, 6.07) is 1.12. The van der Waals surface area contributed by atoms with Crippen LogP contribution in [-0.4, -0.2) is 51.9 Å². The Bertz CT molecular complexity index is 691. The summed E-state index contributed by atoms with van der Waals surface area (Å²) in [6.45, 7) is 6.54. The molecule has 1 N–H and O–H groups in total. The molecule has 1 amide bonds. The van der Waals surface area contributed by atoms with Crippen LogP contribution >= 0.6 is 11.6 Å². The van der Waals surface area contributed by atoms with Gasteiger partial charge in [-0.25, -0.2) is 9.59 Å². The van der Waals surface area contributed by atoms with Crippen molar-refractivity contribution in [3.8, 4) is 0 Å². The van der Waals surface area contributed by atoms with E-state index in [1.165, 1.54) is 9.47 Å². The third-order valence-corrected chi connectivity index (χ3v) is 3.47. The van der Waals surface area contributed by atoms with Gasteiger partial charge in [-0.3, -0.25) is 14.3 Å². The first-order chi connectivity index (χ1) is 10.7. The zero-order chi connectivity index (χ0) is 17.2. The minimum absolute atomic E-state index is 0.0248. The van der Waals surface area contributed by atoms with Gasteiger partial charge in [0.2, 0.25) is 0 Å². The molecule has 23 heavy (non-hydrogen) atoms. The van der Waals surface area contributed by atoms with Crippen LogP contribution in [0.5, 0.6) is 0 Å². The number of carbonyl (C=O) groups excluding carboxylic acids is 1. The van der Waals surface area contributed by atoms with Gasteiger partial charge in [0, 0.05) is 12.6 Å². The highest BCUT2D eigenvalue weighted by Crippen LogP contribution is 2.14. The van der Waals surface area contributed by atoms with Gasteiger partial charge < -0.3 is 14.4 Å². The lowest BCUT2D eigenvalue weighted by atomic mass is 10.2. The van der Waals surface area contributed by atoms with Crippen LogP contribution in [-0.2, 0) is 16.0 Å². The number of aromatic amines is 1. The standard InChI is InChI=1S/C14H20ClN3O5/c1-14(2,3)23-13(21)17-4-5-22-9(7-17)8-18-10(15)6-11(19)16-12(18)20/h6,9H,4-5,7-8H2,1-3H3,(H,16,19,20)/t9-/m1/s1. The number of nitrogens with zero attached hydrogens (tertiary/aromatic N) is 2. The molecule has 2 heterocycles. The summed E-state index contributed by atoms with van der Waals surface area (Å²) < 4.78 is 12.1. The number of aromatic nitrogens is 2. The van der Waals surface area contributed by atoms with E-state index in [0.29, 0.717) is 13.2 Å². The van der Waals surface area contributed by atoms with E-state index in [1.807, 2.05) is 0 Å². The molecule has 0 saturated carbocycles. The van der Waals surface area contributed by atoms with Crippen LogP contribution in [0.15, 0.2) is 15.7 Å². The van der Waals surface area contributed by atoms with Crippen molar-refractivity contribution in [3.63, 3.8) is 0 Å². The fourth-order valence-electron chi connectivity index (χ4n) is 2.19. The summed E-state index contributed by atoms with van der Waals surface area (Å²) in [5, 5.41) is 0.0248. The molecule has 0 bridgehead atoms. The van der Waals surface area contributed by atoms with Gasteiger partial charge in [-0.2, -0.15) is 0 Å². The topological polar surface area (TPSA) is 93.6 Å². The summed E-state index contributed by atoms with van der Waals surface area (Å²) >= 11 is 5.92. The summed E-state index contributed by atoms with van der Waals surface area (Å²) in [5.74, 6) is 0. The Morgan fingerprint density at radius 1 is 1.48 bits per heavy atom. The van der Waals surface area contributed by atoms with Gasteiger partial charge in [0.25, 0.3) is 5.56 Å². The number of hydrogen-bond acceptors (Lipinski definition) is 5. The van der Waals surface area contributed by atoms with Crippen molar-refractivity contribution >= 4 is 17.7 Å². The summed E-state index contributed by atoms with van der Waals surface area (Å²) in [4.78, 5) is 38.7. The molecule has 9 heteroatoms. The fourth-order valence-corrected chi connectivity index (χ4v) is 2.43. The first kappa shape index (κ1) is 17.6. The van der Waals surface area contributed by atoms with Crippen LogP contribution in [0.4, 0.5) is 4.79 Å². The zero-order valence-corrected chi connectivity index (χ0v) is 14.1. The summed E-state index contributed by atoms with van der Waals surface area (Å²) in [7, 11) is 0. The van der Waals surface area contributed by atoms with Crippen LogP contribution in [0, 0.1) is 0 Å². The molecule has 1 aromatic heterocycles. The molecular formula is C14H20ClN3O5. The predicted octanol–water partition coefficient (Wildman–Crippen LogP) is 0.826. The maximum absolute atomic E-state index is 12.1. The third kappa shape index (κ3) is 4.84. The number of ether oxygens (including phenoxy) is 2. The summed E-state index contributed by atoms with van der Waals surface area (Å²) in [5.41, 5.74) is -1.75. The van der Waals surface area contributed by atoms with Crippen molar-refractivity contribution < 1.29 is 14.3 Å². The fraction of sp³-hybridized carbons (Fsp3) is 0.643. The minimum atomic E-state index is -0.611. The number of carbonyl (C=O) groups is 1. The van der Waals surface area contributed by atoms with E-state index in [0.717, 1.165) is 6.07 Å². The quantitative estimate of drug-likeness (QED) is 0.801. The van der Waals surface area contributed by atoms with Crippen LogP contribution < -0.4 is 11.2 Å². The van der Waals surface area contributed by atoms with Crippen molar-refractivity contribution in [2.75, 3.05) is 19.7 Å². The summed E-state index contributed by atoms with van der Waals surface area (Å²) in [6.07, 6.45) is -0.844. The Balaban J connectivity index is 2.06. The second-order valence-corrected chi connectivity index (χ2v) is 6.68. The van der Waals surface area contributed by atoms with E-state index in [9.17, 15) is 14.4 Å². The Hall–Kier alpha value is -1.80. The maximum atomic E-state index is 12.1. The number of H-pyrrole nitrogens is 1. The highest BCUT2D eigenvalue weighted by molar-refractivity contribution is 6.29. The molecule has 1 saturated heterocycles. The molecule has 1 aliphatic heterocycles. The average molecular weight is 346 g/mol. The number of rotatable bonds is 2. The molecule has 1 fully saturated rings. The van der Waals surface area contributed by atoms with Crippen LogP contribution in [0.25, 0.3) is 0 Å². The van der Waals surface area contributed by atoms with Crippen LogP contribution in [0.2, 0.25) is 5.15 Å². The molecule has 0 aromatic carbocycles. The van der Waals surface area contributed by atoms with Crippen molar-refractivity contribution in [1.82, 2.24) is 14.5 Å². The van der Waals surface area contributed by atoms with E-state index in [1.54, 1.807) is 20.8 Å². The lowest BCUT2D eigenvalue weighted by Crippen LogP contribution is -2.49. The number of halogens is 1. The molecular weight excluding hydrogens is 326 g/mol. The van der Waals surface area contributed by atoms with Gasteiger partial charge in [0.05, 0.1) is 25.8 Å². The van der Waals surface area contributed by atoms with Gasteiger partial charge in [-0.05, 0) is 20.8 Å². The highest BCUT2D eigenvalue weighted by Gasteiger charge is 2.28. The van der Waals surface area contributed by atoms with Gasteiger partial charge in [0.15, 0.2) is 0 Å². The molecule has 1 atom stereocenters. The number of morpholine rings is 1. The zero-order valence-electron chi connectivity index (χ0n) is 13.3. The van der Waals surface area contributed by atoms with E-state index < -0.39 is 29.0 Å². The lowest BCUT2D eigenvalue weighted by molar-refractivity contribution is -0.0476. The Morgan fingerprint density at radius 2 is 2.17 bits per heavy atom. The predicted molar refractivity (Wildman–Crippen MR) is 83.9 cm³/mol. The SMILES string of the molecule is CC(C)(C)OC(=O)N1CCO[C@@H](Cn2c(Cl)cc(=O)[nH]c2=O)C1. The Kier molecular flexibility index (Phi) is 5.16. The van der Waals surface area contributed by atoms with Gasteiger partial charge in [-0.1, -0.05) is 11.6 Å². The maximum Gasteiger partial charge on any atom is 0.410 e.